The van der Waals surface area contributed by atoms with E-state index >= 15 is 0 Å². The third kappa shape index (κ3) is 4.97. The number of carbonyl (C=O) groups excluding carboxylic acids is 3. The molecule has 1 saturated carbocycles. The summed E-state index contributed by atoms with van der Waals surface area (Å²) in [5.74, 6) is 0.809. The standard InChI is InChI=1S/C27H29N7O4S/c1-2-20(35)31-16-9-6-10-17(16)32-25(36)24-23-22-18(11-12-28-26(22)39-24)34(27(37)33-23)19-13-30-21(14-29-19)38-15-7-4-3-5-8-15/h2-5,7-8,13-14,16-18,22,26,28H,1,6,9-12H2,(H,31,35)(H,32,36)(H,33,37)/t16-,17-,18?,22?,26?/m1/s1. The van der Waals surface area contributed by atoms with Crippen molar-refractivity contribution in [3.63, 3.8) is 0 Å². The smallest absolute Gasteiger partial charge is 0.327 e. The van der Waals surface area contributed by atoms with Gasteiger partial charge < -0.3 is 26.0 Å². The van der Waals surface area contributed by atoms with Crippen LogP contribution in [0.4, 0.5) is 10.6 Å². The molecular weight excluding hydrogens is 518 g/mol. The Hall–Kier alpha value is -3.90. The van der Waals surface area contributed by atoms with Gasteiger partial charge >= 0.3 is 6.03 Å². The van der Waals surface area contributed by atoms with E-state index in [1.807, 2.05) is 30.3 Å². The van der Waals surface area contributed by atoms with Crippen LogP contribution in [0.1, 0.15) is 25.7 Å². The van der Waals surface area contributed by atoms with Crippen molar-refractivity contribution in [2.45, 2.75) is 49.2 Å². The lowest BCUT2D eigenvalue weighted by Crippen LogP contribution is -2.62. The number of nitrogens with zero attached hydrogens (tertiary/aromatic N) is 3. The maximum absolute atomic E-state index is 13.4. The zero-order chi connectivity index (χ0) is 26.9. The van der Waals surface area contributed by atoms with Gasteiger partial charge in [0.25, 0.3) is 5.91 Å². The van der Waals surface area contributed by atoms with Crippen molar-refractivity contribution in [1.82, 2.24) is 31.2 Å². The highest BCUT2D eigenvalue weighted by Crippen LogP contribution is 2.47. The van der Waals surface area contributed by atoms with Gasteiger partial charge in [-0.15, -0.1) is 0 Å². The van der Waals surface area contributed by atoms with E-state index in [0.717, 1.165) is 19.3 Å². The number of benzene rings is 1. The van der Waals surface area contributed by atoms with Crippen LogP contribution in [0.25, 0.3) is 0 Å². The largest absolute Gasteiger partial charge is 0.438 e. The van der Waals surface area contributed by atoms with Gasteiger partial charge in [-0.05, 0) is 50.4 Å². The van der Waals surface area contributed by atoms with Crippen molar-refractivity contribution < 1.29 is 19.1 Å². The predicted molar refractivity (Wildman–Crippen MR) is 146 cm³/mol. The van der Waals surface area contributed by atoms with E-state index in [0.29, 0.717) is 41.0 Å². The number of rotatable bonds is 7. The Bertz CT molecular complexity index is 1320. The summed E-state index contributed by atoms with van der Waals surface area (Å²) in [4.78, 5) is 49.7. The maximum Gasteiger partial charge on any atom is 0.327 e. The van der Waals surface area contributed by atoms with Crippen molar-refractivity contribution in [3.8, 4) is 11.6 Å². The van der Waals surface area contributed by atoms with Crippen molar-refractivity contribution >= 4 is 35.4 Å². The zero-order valence-electron chi connectivity index (χ0n) is 21.1. The van der Waals surface area contributed by atoms with Gasteiger partial charge in [0.1, 0.15) is 5.75 Å². The lowest BCUT2D eigenvalue weighted by atomic mass is 9.87. The molecule has 4 heterocycles. The second-order valence-corrected chi connectivity index (χ2v) is 11.0. The highest BCUT2D eigenvalue weighted by atomic mass is 32.2. The van der Waals surface area contributed by atoms with Crippen LogP contribution in [0.5, 0.6) is 11.6 Å². The first-order valence-corrected chi connectivity index (χ1v) is 13.9. The summed E-state index contributed by atoms with van der Waals surface area (Å²) < 4.78 is 5.74. The van der Waals surface area contributed by atoms with Crippen molar-refractivity contribution in [2.24, 2.45) is 5.92 Å². The van der Waals surface area contributed by atoms with Crippen molar-refractivity contribution in [1.29, 1.82) is 0 Å². The van der Waals surface area contributed by atoms with Crippen LogP contribution in [0.15, 0.2) is 66.0 Å². The Morgan fingerprint density at radius 2 is 1.90 bits per heavy atom. The normalized spacial score (nSPS) is 27.4. The number of hydrogen-bond donors (Lipinski definition) is 4. The van der Waals surface area contributed by atoms with Crippen LogP contribution in [0, 0.1) is 5.92 Å². The zero-order valence-corrected chi connectivity index (χ0v) is 21.9. The molecule has 4 amide bonds. The quantitative estimate of drug-likeness (QED) is 0.388. The molecule has 3 fully saturated rings. The molecule has 1 aliphatic carbocycles. The topological polar surface area (TPSA) is 138 Å². The van der Waals surface area contributed by atoms with Crippen molar-refractivity contribution in [3.05, 3.63) is 66.0 Å². The van der Waals surface area contributed by atoms with Crippen LogP contribution in [0.2, 0.25) is 0 Å². The lowest BCUT2D eigenvalue weighted by molar-refractivity contribution is -0.119. The van der Waals surface area contributed by atoms with Crippen LogP contribution >= 0.6 is 11.8 Å². The number of ether oxygens (including phenoxy) is 1. The number of thioether (sulfide) groups is 1. The van der Waals surface area contributed by atoms with Crippen LogP contribution in [0.3, 0.4) is 0 Å². The summed E-state index contributed by atoms with van der Waals surface area (Å²) >= 11 is 1.44. The SMILES string of the molecule is C=CC(=O)N[C@@H]1CCC[C@H]1NC(=O)C1=C2NC(=O)N(c3cnc(Oc4ccccc4)cn3)C3CCNC(S1)C23. The minimum Gasteiger partial charge on any atom is -0.438 e. The molecule has 202 valence electrons. The lowest BCUT2D eigenvalue weighted by Gasteiger charge is -2.45. The Kier molecular flexibility index (Phi) is 6.96. The fourth-order valence-corrected chi connectivity index (χ4v) is 7.16. The van der Waals surface area contributed by atoms with Gasteiger partial charge in [-0.2, -0.15) is 0 Å². The minimum absolute atomic E-state index is 0.0592. The van der Waals surface area contributed by atoms with Gasteiger partial charge in [0.2, 0.25) is 11.8 Å². The Morgan fingerprint density at radius 1 is 1.10 bits per heavy atom. The highest BCUT2D eigenvalue weighted by molar-refractivity contribution is 8.04. The molecule has 2 saturated heterocycles. The first-order valence-electron chi connectivity index (χ1n) is 13.0. The molecule has 1 aromatic heterocycles. The molecule has 11 nitrogen and oxygen atoms in total. The molecule has 0 bridgehead atoms. The molecule has 3 unspecified atom stereocenters. The molecule has 0 radical (unpaired) electrons. The van der Waals surface area contributed by atoms with Crippen LogP contribution < -0.4 is 30.9 Å². The second kappa shape index (κ2) is 10.7. The monoisotopic (exact) mass is 547 g/mol. The first-order chi connectivity index (χ1) is 19.0. The predicted octanol–water partition coefficient (Wildman–Crippen LogP) is 2.40. The number of anilines is 1. The molecular formula is C27H29N7O4S. The number of nitrogens with one attached hydrogen (secondary N) is 4. The van der Waals surface area contributed by atoms with Crippen molar-refractivity contribution in [2.75, 3.05) is 11.4 Å². The average Bonchev–Trinajstić information content (AvgIpc) is 3.54. The van der Waals surface area contributed by atoms with E-state index in [4.69, 9.17) is 4.74 Å². The summed E-state index contributed by atoms with van der Waals surface area (Å²) in [5.41, 5.74) is 0.641. The molecule has 2 aromatic rings. The molecule has 39 heavy (non-hydrogen) atoms. The summed E-state index contributed by atoms with van der Waals surface area (Å²) in [7, 11) is 0. The van der Waals surface area contributed by atoms with E-state index < -0.39 is 0 Å². The third-order valence-electron chi connectivity index (χ3n) is 7.52. The summed E-state index contributed by atoms with van der Waals surface area (Å²) in [6.45, 7) is 4.21. The Labute approximate surface area is 229 Å². The molecule has 0 spiro atoms. The number of amides is 4. The maximum atomic E-state index is 13.4. The number of piperidine rings is 1. The highest BCUT2D eigenvalue weighted by Gasteiger charge is 2.52. The van der Waals surface area contributed by atoms with Gasteiger partial charge in [-0.25, -0.2) is 14.8 Å². The Balaban J connectivity index is 1.20. The number of para-hydroxylation sites is 1. The van der Waals surface area contributed by atoms with E-state index in [1.165, 1.54) is 30.2 Å². The molecule has 3 aliphatic heterocycles. The molecule has 4 N–H and O–H groups in total. The molecule has 4 aliphatic rings. The summed E-state index contributed by atoms with van der Waals surface area (Å²) in [6.07, 6.45) is 7.46. The fraction of sp³-hybridized carbons (Fsp3) is 0.370. The number of hydrogen-bond acceptors (Lipinski definition) is 8. The van der Waals surface area contributed by atoms with E-state index in [1.54, 1.807) is 4.90 Å². The van der Waals surface area contributed by atoms with Gasteiger partial charge in [-0.3, -0.25) is 14.5 Å². The molecule has 5 atom stereocenters. The van der Waals surface area contributed by atoms with Gasteiger partial charge in [-0.1, -0.05) is 36.5 Å². The van der Waals surface area contributed by atoms with Crippen LogP contribution in [-0.2, 0) is 9.59 Å². The minimum atomic E-state index is -0.345. The number of aromatic nitrogens is 2. The van der Waals surface area contributed by atoms with Crippen LogP contribution in [-0.4, -0.2) is 57.9 Å². The van der Waals surface area contributed by atoms with E-state index in [9.17, 15) is 14.4 Å². The molecule has 6 rings (SSSR count). The fourth-order valence-electron chi connectivity index (χ4n) is 5.76. The van der Waals surface area contributed by atoms with Gasteiger partial charge in [0.15, 0.2) is 5.82 Å². The van der Waals surface area contributed by atoms with E-state index in [-0.39, 0.29) is 47.3 Å². The number of urea groups is 1. The summed E-state index contributed by atoms with van der Waals surface area (Å²) in [5, 5.41) is 12.4. The van der Waals surface area contributed by atoms with E-state index in [2.05, 4.69) is 37.8 Å². The first kappa shape index (κ1) is 25.4. The van der Waals surface area contributed by atoms with Gasteiger partial charge in [0.05, 0.1) is 28.7 Å². The number of carbonyl (C=O) groups is 3. The molecule has 12 heteroatoms. The molecule has 1 aromatic carbocycles. The average molecular weight is 548 g/mol. The Morgan fingerprint density at radius 3 is 2.64 bits per heavy atom. The summed E-state index contributed by atoms with van der Waals surface area (Å²) in [6, 6.07) is 8.44. The second-order valence-electron chi connectivity index (χ2n) is 9.88. The van der Waals surface area contributed by atoms with Gasteiger partial charge in [0, 0.05) is 23.7 Å². The third-order valence-corrected chi connectivity index (χ3v) is 8.87.